The van der Waals surface area contributed by atoms with Crippen LogP contribution in [0.2, 0.25) is 0 Å². The first-order valence-corrected chi connectivity index (χ1v) is 16.6. The highest BCUT2D eigenvalue weighted by atomic mass is 19.1. The lowest BCUT2D eigenvalue weighted by molar-refractivity contribution is 0.00167. The predicted molar refractivity (Wildman–Crippen MR) is 180 cm³/mol. The second kappa shape index (κ2) is 15.0. The van der Waals surface area contributed by atoms with Crippen LogP contribution in [0.15, 0.2) is 84.9 Å². The molecule has 0 spiro atoms. The molecule has 2 aliphatic rings. The molecule has 0 aromatic heterocycles. The Bertz CT molecular complexity index is 1750. The van der Waals surface area contributed by atoms with Gasteiger partial charge in [0.25, 0.3) is 0 Å². The molecule has 4 aromatic carbocycles. The fourth-order valence-electron chi connectivity index (χ4n) is 6.88. The molecule has 4 atom stereocenters. The van der Waals surface area contributed by atoms with Crippen molar-refractivity contribution in [3.63, 3.8) is 0 Å². The van der Waals surface area contributed by atoms with Gasteiger partial charge in [-0.25, -0.2) is 13.6 Å². The molecule has 0 bridgehead atoms. The molecule has 4 aromatic rings. The van der Waals surface area contributed by atoms with E-state index in [2.05, 4.69) is 62.4 Å². The second-order valence-corrected chi connectivity index (χ2v) is 12.7. The van der Waals surface area contributed by atoms with Crippen molar-refractivity contribution in [1.82, 2.24) is 9.80 Å². The lowest BCUT2D eigenvalue weighted by Gasteiger charge is -2.36. The quantitative estimate of drug-likeness (QED) is 0.179. The summed E-state index contributed by atoms with van der Waals surface area (Å²) in [6.07, 6.45) is 1.70. The van der Waals surface area contributed by atoms with Crippen molar-refractivity contribution in [2.45, 2.75) is 76.9 Å². The van der Waals surface area contributed by atoms with Crippen LogP contribution < -0.4 is 0 Å². The number of hydrogen-bond acceptors (Lipinski definition) is 5. The first-order chi connectivity index (χ1) is 23.8. The summed E-state index contributed by atoms with van der Waals surface area (Å²) in [5.74, 6) is -1.26. The van der Waals surface area contributed by atoms with Gasteiger partial charge in [0, 0.05) is 13.1 Å². The van der Waals surface area contributed by atoms with Crippen molar-refractivity contribution in [2.75, 3.05) is 6.79 Å². The van der Waals surface area contributed by atoms with E-state index in [0.29, 0.717) is 24.0 Å². The van der Waals surface area contributed by atoms with Crippen LogP contribution >= 0.6 is 0 Å². The first-order valence-electron chi connectivity index (χ1n) is 16.6. The number of nitrogens with zero attached hydrogens (tertiary/aromatic N) is 4. The Balaban J connectivity index is 1.47. The number of urea groups is 1. The number of halogens is 2. The van der Waals surface area contributed by atoms with Crippen LogP contribution in [0.25, 0.3) is 0 Å². The number of ether oxygens (including phenoxy) is 2. The monoisotopic (exact) mass is 660 g/mol. The van der Waals surface area contributed by atoms with E-state index in [1.54, 1.807) is 21.9 Å². The third-order valence-electron chi connectivity index (χ3n) is 9.66. The maximum Gasteiger partial charge on any atom is 0.321 e. The molecule has 2 saturated heterocycles. The third kappa shape index (κ3) is 7.34. The SMILES string of the molecule is CCc1ccc(C[C@@H]2[C@@H]3OCO[C@H]3[C@@H](Cc3ccc(CC)cc3)N(Cc3ccc(F)c(C#N)c3)C(=O)N2Cc2ccc(F)c(C#N)c2)cc1. The highest BCUT2D eigenvalue weighted by molar-refractivity contribution is 5.76. The number of rotatable bonds is 10. The Morgan fingerprint density at radius 3 is 1.37 bits per heavy atom. The van der Waals surface area contributed by atoms with Crippen LogP contribution in [0.4, 0.5) is 13.6 Å². The van der Waals surface area contributed by atoms with E-state index in [0.717, 1.165) is 24.0 Å². The molecule has 2 fully saturated rings. The normalized spacial score (nSPS) is 20.4. The molecule has 49 heavy (non-hydrogen) atoms. The Hall–Kier alpha value is -5.09. The summed E-state index contributed by atoms with van der Waals surface area (Å²) < 4.78 is 41.5. The average Bonchev–Trinajstić information content (AvgIpc) is 3.60. The Kier molecular flexibility index (Phi) is 10.3. The van der Waals surface area contributed by atoms with Gasteiger partial charge < -0.3 is 19.3 Å². The number of aryl methyl sites for hydroxylation is 2. The largest absolute Gasteiger partial charge is 0.347 e. The molecule has 0 unspecified atom stereocenters. The summed E-state index contributed by atoms with van der Waals surface area (Å²) in [6.45, 7) is 4.40. The summed E-state index contributed by atoms with van der Waals surface area (Å²) in [6, 6.07) is 27.7. The van der Waals surface area contributed by atoms with Gasteiger partial charge in [0.05, 0.1) is 23.2 Å². The molecule has 2 aliphatic heterocycles. The molecular weight excluding hydrogens is 622 g/mol. The van der Waals surface area contributed by atoms with E-state index >= 15 is 4.79 Å². The van der Waals surface area contributed by atoms with Crippen molar-refractivity contribution in [1.29, 1.82) is 10.5 Å². The van der Waals surface area contributed by atoms with Crippen molar-refractivity contribution < 1.29 is 23.0 Å². The highest BCUT2D eigenvalue weighted by Crippen LogP contribution is 2.35. The van der Waals surface area contributed by atoms with Crippen molar-refractivity contribution in [2.24, 2.45) is 0 Å². The zero-order valence-electron chi connectivity index (χ0n) is 27.6. The molecule has 6 rings (SSSR count). The van der Waals surface area contributed by atoms with Gasteiger partial charge in [-0.3, -0.25) is 0 Å². The second-order valence-electron chi connectivity index (χ2n) is 12.7. The summed E-state index contributed by atoms with van der Waals surface area (Å²) in [5, 5.41) is 19.1. The van der Waals surface area contributed by atoms with Crippen molar-refractivity contribution in [3.05, 3.63) is 141 Å². The van der Waals surface area contributed by atoms with Gasteiger partial charge in [0.2, 0.25) is 0 Å². The van der Waals surface area contributed by atoms with Gasteiger partial charge in [0.1, 0.15) is 42.8 Å². The van der Waals surface area contributed by atoms with Crippen LogP contribution in [-0.2, 0) is 48.2 Å². The number of carbonyl (C=O) groups excluding carboxylic acids is 1. The minimum absolute atomic E-state index is 0.0476. The number of amides is 2. The van der Waals surface area contributed by atoms with Crippen molar-refractivity contribution in [3.8, 4) is 12.1 Å². The minimum atomic E-state index is -0.631. The molecule has 0 aliphatic carbocycles. The Morgan fingerprint density at radius 1 is 0.633 bits per heavy atom. The molecule has 250 valence electrons. The fraction of sp³-hybridized carbons (Fsp3) is 0.325. The number of fused-ring (bicyclic) bond motifs is 1. The smallest absolute Gasteiger partial charge is 0.321 e. The van der Waals surface area contributed by atoms with E-state index in [1.807, 2.05) is 12.1 Å². The summed E-state index contributed by atoms with van der Waals surface area (Å²) in [7, 11) is 0. The van der Waals surface area contributed by atoms with E-state index in [1.165, 1.54) is 35.4 Å². The molecule has 0 N–H and O–H groups in total. The zero-order chi connectivity index (χ0) is 34.5. The number of carbonyl (C=O) groups is 1. The van der Waals surface area contributed by atoms with Crippen LogP contribution in [0.3, 0.4) is 0 Å². The van der Waals surface area contributed by atoms with Crippen molar-refractivity contribution >= 4 is 6.03 Å². The standard InChI is InChI=1S/C40H38F2N4O3/c1-3-26-5-9-28(10-6-26)19-36-38-39(49-25-48-38)37(20-29-11-7-27(4-2)8-12-29)46(24-31-14-16-35(42)33(18-31)22-44)40(47)45(36)23-30-13-15-34(41)32(17-30)21-43/h5-18,36-39H,3-4,19-20,23-25H2,1-2H3/t36-,37-,38+,39+/m1/s1. The van der Waals surface area contributed by atoms with Gasteiger partial charge in [-0.15, -0.1) is 0 Å². The lowest BCUT2D eigenvalue weighted by atomic mass is 9.90. The predicted octanol–water partition coefficient (Wildman–Crippen LogP) is 7.23. The summed E-state index contributed by atoms with van der Waals surface area (Å²) >= 11 is 0. The fourth-order valence-corrected chi connectivity index (χ4v) is 6.88. The Labute approximate surface area is 285 Å². The lowest BCUT2D eigenvalue weighted by Crippen LogP contribution is -2.50. The maximum atomic E-state index is 15.1. The van der Waals surface area contributed by atoms with E-state index in [4.69, 9.17) is 9.47 Å². The van der Waals surface area contributed by atoms with E-state index < -0.39 is 35.9 Å². The highest BCUT2D eigenvalue weighted by Gasteiger charge is 2.51. The van der Waals surface area contributed by atoms with E-state index in [9.17, 15) is 19.3 Å². The van der Waals surface area contributed by atoms with Crippen LogP contribution in [-0.4, -0.2) is 46.9 Å². The van der Waals surface area contributed by atoms with Gasteiger partial charge >= 0.3 is 6.03 Å². The van der Waals surface area contributed by atoms with Crippen LogP contribution in [0, 0.1) is 34.3 Å². The van der Waals surface area contributed by atoms with Gasteiger partial charge in [-0.05, 0) is 83.3 Å². The topological polar surface area (TPSA) is 89.6 Å². The molecule has 0 radical (unpaired) electrons. The van der Waals surface area contributed by atoms with Crippen LogP contribution in [0.1, 0.15) is 58.4 Å². The average molecular weight is 661 g/mol. The van der Waals surface area contributed by atoms with Gasteiger partial charge in [-0.2, -0.15) is 10.5 Å². The molecular formula is C40H38F2N4O3. The van der Waals surface area contributed by atoms with Gasteiger partial charge in [0.15, 0.2) is 0 Å². The van der Waals surface area contributed by atoms with Crippen LogP contribution in [0.5, 0.6) is 0 Å². The number of hydrogen-bond donors (Lipinski definition) is 0. The summed E-state index contributed by atoms with van der Waals surface area (Å²) in [4.78, 5) is 18.6. The Morgan fingerprint density at radius 2 is 1.00 bits per heavy atom. The first kappa shape index (κ1) is 33.8. The molecule has 7 nitrogen and oxygen atoms in total. The number of nitriles is 2. The molecule has 2 amide bonds. The zero-order valence-corrected chi connectivity index (χ0v) is 27.6. The molecule has 2 heterocycles. The van der Waals surface area contributed by atoms with Gasteiger partial charge in [-0.1, -0.05) is 74.5 Å². The number of benzene rings is 4. The maximum absolute atomic E-state index is 15.1. The summed E-state index contributed by atoms with van der Waals surface area (Å²) in [5.41, 5.74) is 5.40. The third-order valence-corrected chi connectivity index (χ3v) is 9.66. The molecule has 9 heteroatoms. The van der Waals surface area contributed by atoms with E-state index in [-0.39, 0.29) is 37.0 Å². The molecule has 0 saturated carbocycles. The minimum Gasteiger partial charge on any atom is -0.347 e.